The first kappa shape index (κ1) is 17.4. The highest BCUT2D eigenvalue weighted by Crippen LogP contribution is 2.31. The molecule has 3 rings (SSSR count). The van der Waals surface area contributed by atoms with Gasteiger partial charge in [0.1, 0.15) is 16.8 Å². The van der Waals surface area contributed by atoms with Gasteiger partial charge in [-0.1, -0.05) is 55.4 Å². The number of rotatable bonds is 4. The minimum absolute atomic E-state index is 0.453. The molecule has 2 aromatic heterocycles. The molecule has 0 saturated heterocycles. The number of nitrogens with one attached hydrogen (secondary N) is 1. The first-order chi connectivity index (χ1) is 11.2. The van der Waals surface area contributed by atoms with E-state index >= 15 is 0 Å². The summed E-state index contributed by atoms with van der Waals surface area (Å²) in [4.78, 5) is 10.7. The van der Waals surface area contributed by atoms with Gasteiger partial charge in [-0.05, 0) is 24.3 Å². The van der Waals surface area contributed by atoms with E-state index in [9.17, 15) is 0 Å². The number of nitrogens with zero attached hydrogens (tertiary/aromatic N) is 3. The highest BCUT2D eigenvalue weighted by atomic mass is 35.5. The Morgan fingerprint density at radius 3 is 2.43 bits per heavy atom. The van der Waals surface area contributed by atoms with Crippen LogP contribution in [0.1, 0.15) is 13.8 Å². The summed E-state index contributed by atoms with van der Waals surface area (Å²) in [5, 5.41) is 3.60. The second-order valence-electron chi connectivity index (χ2n) is 4.48. The van der Waals surface area contributed by atoms with Gasteiger partial charge in [-0.2, -0.15) is 0 Å². The van der Waals surface area contributed by atoms with E-state index in [0.717, 1.165) is 15.6 Å². The number of halogens is 1. The van der Waals surface area contributed by atoms with E-state index in [0.29, 0.717) is 11.0 Å². The fourth-order valence-corrected chi connectivity index (χ4v) is 3.01. The molecule has 23 heavy (non-hydrogen) atoms. The first-order valence-electron chi connectivity index (χ1n) is 7.34. The summed E-state index contributed by atoms with van der Waals surface area (Å²) in [5.41, 5.74) is 0. The number of imidazole rings is 1. The summed E-state index contributed by atoms with van der Waals surface area (Å²) < 4.78 is 1.87. The van der Waals surface area contributed by atoms with Crippen LogP contribution in [0.3, 0.4) is 0 Å². The van der Waals surface area contributed by atoms with Gasteiger partial charge in [0, 0.05) is 23.0 Å². The van der Waals surface area contributed by atoms with Crippen molar-refractivity contribution in [1.29, 1.82) is 0 Å². The molecular formula is C17H19ClN4S. The molecule has 0 spiro atoms. The zero-order valence-electron chi connectivity index (χ0n) is 13.3. The Kier molecular flexibility index (Phi) is 6.50. The van der Waals surface area contributed by atoms with Crippen molar-refractivity contribution in [2.24, 2.45) is 7.05 Å². The monoisotopic (exact) mass is 346 g/mol. The van der Waals surface area contributed by atoms with Crippen LogP contribution in [0.4, 0.5) is 11.6 Å². The van der Waals surface area contributed by atoms with Crippen LogP contribution in [-0.4, -0.2) is 14.5 Å². The second-order valence-corrected chi connectivity index (χ2v) is 6.01. The SMILES string of the molecule is CC.Cn1cnc(Nc2cc(Sc3ccccc3)cc(Cl)n2)c1. The van der Waals surface area contributed by atoms with Crippen LogP contribution >= 0.6 is 23.4 Å². The molecule has 6 heteroatoms. The number of pyridine rings is 1. The molecule has 0 unspecified atom stereocenters. The van der Waals surface area contributed by atoms with Crippen molar-refractivity contribution in [3.63, 3.8) is 0 Å². The van der Waals surface area contributed by atoms with Crippen molar-refractivity contribution in [3.05, 3.63) is 60.1 Å². The lowest BCUT2D eigenvalue weighted by molar-refractivity contribution is 0.913. The third-order valence-corrected chi connectivity index (χ3v) is 3.88. The van der Waals surface area contributed by atoms with E-state index < -0.39 is 0 Å². The summed E-state index contributed by atoms with van der Waals surface area (Å²) in [5.74, 6) is 1.42. The zero-order valence-corrected chi connectivity index (χ0v) is 14.9. The molecule has 0 fully saturated rings. The van der Waals surface area contributed by atoms with Crippen LogP contribution in [0.25, 0.3) is 0 Å². The molecule has 0 aliphatic heterocycles. The van der Waals surface area contributed by atoms with E-state index in [2.05, 4.69) is 27.4 Å². The molecule has 2 heterocycles. The Morgan fingerprint density at radius 1 is 1.04 bits per heavy atom. The average Bonchev–Trinajstić information content (AvgIpc) is 2.95. The van der Waals surface area contributed by atoms with Gasteiger partial charge in [-0.15, -0.1) is 0 Å². The van der Waals surface area contributed by atoms with Crippen LogP contribution in [-0.2, 0) is 7.05 Å². The molecule has 0 amide bonds. The minimum Gasteiger partial charge on any atom is -0.338 e. The van der Waals surface area contributed by atoms with Crippen LogP contribution in [0.15, 0.2) is 64.8 Å². The Hall–Kier alpha value is -1.98. The van der Waals surface area contributed by atoms with Gasteiger partial charge in [0.05, 0.1) is 6.33 Å². The van der Waals surface area contributed by atoms with Gasteiger partial charge >= 0.3 is 0 Å². The quantitative estimate of drug-likeness (QED) is 0.643. The van der Waals surface area contributed by atoms with Gasteiger partial charge < -0.3 is 9.88 Å². The normalized spacial score (nSPS) is 9.91. The standard InChI is InChI=1S/C15H13ClN4S.C2H6/c1-20-9-15(17-10-20)19-14-8-12(7-13(16)18-14)21-11-5-3-2-4-6-11;1-2/h2-10H,1H3,(H,18,19);1-2H3. The number of anilines is 2. The largest absolute Gasteiger partial charge is 0.338 e. The minimum atomic E-state index is 0.453. The van der Waals surface area contributed by atoms with Gasteiger partial charge in [-0.3, -0.25) is 0 Å². The molecule has 0 saturated carbocycles. The lowest BCUT2D eigenvalue weighted by Crippen LogP contribution is -1.94. The highest BCUT2D eigenvalue weighted by Gasteiger charge is 2.05. The Labute approximate surface area is 145 Å². The van der Waals surface area contributed by atoms with Gasteiger partial charge in [0.25, 0.3) is 0 Å². The Morgan fingerprint density at radius 2 is 1.78 bits per heavy atom. The molecule has 0 atom stereocenters. The maximum Gasteiger partial charge on any atom is 0.149 e. The Bertz CT molecular complexity index is 743. The molecule has 1 aromatic carbocycles. The summed E-state index contributed by atoms with van der Waals surface area (Å²) >= 11 is 7.74. The lowest BCUT2D eigenvalue weighted by Gasteiger charge is -2.06. The molecule has 0 aliphatic carbocycles. The van der Waals surface area contributed by atoms with Crippen LogP contribution < -0.4 is 5.32 Å². The van der Waals surface area contributed by atoms with E-state index in [1.807, 2.05) is 62.0 Å². The molecule has 0 radical (unpaired) electrons. The van der Waals surface area contributed by atoms with E-state index in [1.54, 1.807) is 18.1 Å². The highest BCUT2D eigenvalue weighted by molar-refractivity contribution is 7.99. The van der Waals surface area contributed by atoms with Crippen molar-refractivity contribution in [2.45, 2.75) is 23.6 Å². The van der Waals surface area contributed by atoms with Crippen molar-refractivity contribution in [2.75, 3.05) is 5.32 Å². The number of hydrogen-bond acceptors (Lipinski definition) is 4. The van der Waals surface area contributed by atoms with Crippen LogP contribution in [0.5, 0.6) is 0 Å². The van der Waals surface area contributed by atoms with E-state index in [4.69, 9.17) is 11.6 Å². The molecule has 0 bridgehead atoms. The van der Waals surface area contributed by atoms with Gasteiger partial charge in [0.2, 0.25) is 0 Å². The molecular weight excluding hydrogens is 328 g/mol. The molecule has 0 aliphatic rings. The maximum absolute atomic E-state index is 6.10. The van der Waals surface area contributed by atoms with Crippen LogP contribution in [0, 0.1) is 0 Å². The number of aryl methyl sites for hydroxylation is 1. The van der Waals surface area contributed by atoms with Crippen molar-refractivity contribution >= 4 is 35.0 Å². The summed E-state index contributed by atoms with van der Waals surface area (Å²) in [7, 11) is 1.92. The van der Waals surface area contributed by atoms with Crippen molar-refractivity contribution in [1.82, 2.24) is 14.5 Å². The number of hydrogen-bond donors (Lipinski definition) is 1. The van der Waals surface area contributed by atoms with Gasteiger partial charge in [0.15, 0.2) is 0 Å². The second kappa shape index (κ2) is 8.60. The molecule has 4 nitrogen and oxygen atoms in total. The van der Waals surface area contributed by atoms with Gasteiger partial charge in [-0.25, -0.2) is 9.97 Å². The first-order valence-corrected chi connectivity index (χ1v) is 8.54. The predicted octanol–water partition coefficient (Wildman–Crippen LogP) is 5.39. The fraction of sp³-hybridized carbons (Fsp3) is 0.176. The number of aromatic nitrogens is 3. The number of benzene rings is 1. The third-order valence-electron chi connectivity index (χ3n) is 2.71. The maximum atomic E-state index is 6.10. The summed E-state index contributed by atoms with van der Waals surface area (Å²) in [6.07, 6.45) is 3.61. The van der Waals surface area contributed by atoms with Crippen LogP contribution in [0.2, 0.25) is 5.15 Å². The smallest absolute Gasteiger partial charge is 0.149 e. The molecule has 120 valence electrons. The average molecular weight is 347 g/mol. The summed E-state index contributed by atoms with van der Waals surface area (Å²) in [6.45, 7) is 4.00. The van der Waals surface area contributed by atoms with Crippen molar-refractivity contribution < 1.29 is 0 Å². The topological polar surface area (TPSA) is 42.7 Å². The zero-order chi connectivity index (χ0) is 16.7. The van der Waals surface area contributed by atoms with E-state index in [1.165, 1.54) is 0 Å². The van der Waals surface area contributed by atoms with Crippen molar-refractivity contribution in [3.8, 4) is 0 Å². The van der Waals surface area contributed by atoms with E-state index in [-0.39, 0.29) is 0 Å². The lowest BCUT2D eigenvalue weighted by atomic mass is 10.4. The predicted molar refractivity (Wildman–Crippen MR) is 97.7 cm³/mol. The molecule has 1 N–H and O–H groups in total. The molecule has 3 aromatic rings. The third kappa shape index (κ3) is 5.30. The Balaban J connectivity index is 0.000000924. The fourth-order valence-electron chi connectivity index (χ4n) is 1.83. The summed E-state index contributed by atoms with van der Waals surface area (Å²) in [6, 6.07) is 13.9.